The summed E-state index contributed by atoms with van der Waals surface area (Å²) in [5.74, 6) is 0.720. The molecule has 0 unspecified atom stereocenters. The molecule has 20 heavy (non-hydrogen) atoms. The lowest BCUT2D eigenvalue weighted by atomic mass is 10.0. The quantitative estimate of drug-likeness (QED) is 0.640. The normalized spacial score (nSPS) is 11.2. The number of hydrogen-bond donors (Lipinski definition) is 0. The Labute approximate surface area is 117 Å². The summed E-state index contributed by atoms with van der Waals surface area (Å²) in [7, 11) is 0. The number of fused-ring (bicyclic) bond motifs is 1. The molecule has 0 fully saturated rings. The molecule has 0 atom stereocenters. The van der Waals surface area contributed by atoms with Crippen LogP contribution in [0.3, 0.4) is 0 Å². The Hall–Kier alpha value is -2.61. The number of ketones is 1. The summed E-state index contributed by atoms with van der Waals surface area (Å²) in [4.78, 5) is 11.2. The van der Waals surface area contributed by atoms with Crippen molar-refractivity contribution in [3.8, 4) is 11.1 Å². The van der Waals surface area contributed by atoms with Gasteiger partial charge in [0.05, 0.1) is 0 Å². The van der Waals surface area contributed by atoms with Crippen molar-refractivity contribution >= 4 is 22.8 Å². The number of hydrogen-bond acceptors (Lipinski definition) is 2. The molecule has 0 radical (unpaired) electrons. The number of benzene rings is 2. The first-order valence-corrected chi connectivity index (χ1v) is 6.51. The van der Waals surface area contributed by atoms with E-state index in [2.05, 4.69) is 0 Å². The number of furan rings is 1. The smallest absolute Gasteiger partial charge is 0.152 e. The molecule has 2 heteroatoms. The Balaban J connectivity index is 2.26. The maximum absolute atomic E-state index is 11.2. The van der Waals surface area contributed by atoms with E-state index in [1.807, 2.05) is 54.6 Å². The minimum atomic E-state index is 0.00414. The van der Waals surface area contributed by atoms with Gasteiger partial charge in [0, 0.05) is 10.9 Å². The molecule has 0 aliphatic carbocycles. The molecule has 98 valence electrons. The van der Waals surface area contributed by atoms with Crippen molar-refractivity contribution in [3.63, 3.8) is 0 Å². The van der Waals surface area contributed by atoms with Gasteiger partial charge in [0.15, 0.2) is 5.78 Å². The molecule has 1 aromatic heterocycles. The van der Waals surface area contributed by atoms with Crippen LogP contribution in [-0.2, 0) is 4.79 Å². The van der Waals surface area contributed by atoms with Crippen LogP contribution in [0.1, 0.15) is 12.7 Å². The Morgan fingerprint density at radius 3 is 2.45 bits per heavy atom. The monoisotopic (exact) mass is 262 g/mol. The SMILES string of the molecule is CC(=O)/C=C/c1oc2ccccc2c1-c1ccccc1. The van der Waals surface area contributed by atoms with Gasteiger partial charge in [-0.2, -0.15) is 0 Å². The van der Waals surface area contributed by atoms with E-state index in [4.69, 9.17) is 4.42 Å². The molecule has 3 rings (SSSR count). The summed E-state index contributed by atoms with van der Waals surface area (Å²) in [6.45, 7) is 1.53. The third-order valence-corrected chi connectivity index (χ3v) is 3.15. The van der Waals surface area contributed by atoms with Gasteiger partial charge in [-0.05, 0) is 30.7 Å². The Kier molecular flexibility index (Phi) is 3.21. The van der Waals surface area contributed by atoms with Crippen LogP contribution < -0.4 is 0 Å². The molecule has 0 saturated heterocycles. The predicted molar refractivity (Wildman–Crippen MR) is 81.4 cm³/mol. The number of carbonyl (C=O) groups is 1. The number of carbonyl (C=O) groups excluding carboxylic acids is 1. The topological polar surface area (TPSA) is 30.2 Å². The van der Waals surface area contributed by atoms with Gasteiger partial charge in [0.2, 0.25) is 0 Å². The van der Waals surface area contributed by atoms with E-state index in [9.17, 15) is 4.79 Å². The van der Waals surface area contributed by atoms with Gasteiger partial charge < -0.3 is 4.42 Å². The summed E-state index contributed by atoms with van der Waals surface area (Å²) in [5, 5.41) is 1.06. The van der Waals surface area contributed by atoms with E-state index in [0.29, 0.717) is 5.76 Å². The molecule has 0 saturated carbocycles. The van der Waals surface area contributed by atoms with Crippen LogP contribution >= 0.6 is 0 Å². The number of allylic oxidation sites excluding steroid dienone is 1. The first kappa shape index (κ1) is 12.4. The fourth-order valence-electron chi connectivity index (χ4n) is 2.28. The highest BCUT2D eigenvalue weighted by Crippen LogP contribution is 2.35. The minimum absolute atomic E-state index is 0.00414. The molecule has 2 nitrogen and oxygen atoms in total. The van der Waals surface area contributed by atoms with Crippen molar-refractivity contribution in [1.82, 2.24) is 0 Å². The van der Waals surface area contributed by atoms with Crippen LogP contribution in [0.5, 0.6) is 0 Å². The molecular formula is C18H14O2. The molecule has 2 aromatic carbocycles. The lowest BCUT2D eigenvalue weighted by Gasteiger charge is -2.00. The molecule has 0 N–H and O–H groups in total. The van der Waals surface area contributed by atoms with E-state index in [0.717, 1.165) is 22.1 Å². The summed E-state index contributed by atoms with van der Waals surface area (Å²) >= 11 is 0. The second kappa shape index (κ2) is 5.17. The van der Waals surface area contributed by atoms with Crippen molar-refractivity contribution in [2.45, 2.75) is 6.92 Å². The predicted octanol–water partition coefficient (Wildman–Crippen LogP) is 4.70. The fourth-order valence-corrected chi connectivity index (χ4v) is 2.28. The first-order chi connectivity index (χ1) is 9.75. The zero-order valence-corrected chi connectivity index (χ0v) is 11.2. The minimum Gasteiger partial charge on any atom is -0.456 e. The summed E-state index contributed by atoms with van der Waals surface area (Å²) in [6, 6.07) is 18.0. The molecule has 3 aromatic rings. The van der Waals surface area contributed by atoms with Crippen LogP contribution in [0.25, 0.3) is 28.2 Å². The highest BCUT2D eigenvalue weighted by molar-refractivity contribution is 6.00. The maximum atomic E-state index is 11.2. The highest BCUT2D eigenvalue weighted by atomic mass is 16.3. The Morgan fingerprint density at radius 1 is 1.00 bits per heavy atom. The average molecular weight is 262 g/mol. The third kappa shape index (κ3) is 2.28. The molecule has 0 bridgehead atoms. The average Bonchev–Trinajstić information content (AvgIpc) is 2.84. The van der Waals surface area contributed by atoms with Crippen molar-refractivity contribution in [2.75, 3.05) is 0 Å². The van der Waals surface area contributed by atoms with Crippen molar-refractivity contribution < 1.29 is 9.21 Å². The van der Waals surface area contributed by atoms with E-state index in [1.54, 1.807) is 6.08 Å². The van der Waals surface area contributed by atoms with E-state index in [1.165, 1.54) is 13.0 Å². The van der Waals surface area contributed by atoms with E-state index in [-0.39, 0.29) is 5.78 Å². The zero-order valence-electron chi connectivity index (χ0n) is 11.2. The number of rotatable bonds is 3. The molecule has 1 heterocycles. The van der Waals surface area contributed by atoms with Crippen LogP contribution in [0.2, 0.25) is 0 Å². The lowest BCUT2D eigenvalue weighted by molar-refractivity contribution is -0.112. The van der Waals surface area contributed by atoms with Crippen LogP contribution in [-0.4, -0.2) is 5.78 Å². The fraction of sp³-hybridized carbons (Fsp3) is 0.0556. The van der Waals surface area contributed by atoms with Gasteiger partial charge in [-0.3, -0.25) is 4.79 Å². The Bertz CT molecular complexity index is 780. The summed E-state index contributed by atoms with van der Waals surface area (Å²) in [6.07, 6.45) is 3.27. The van der Waals surface area contributed by atoms with Crippen LogP contribution in [0.4, 0.5) is 0 Å². The second-order valence-electron chi connectivity index (χ2n) is 4.65. The van der Waals surface area contributed by atoms with Crippen molar-refractivity contribution in [2.24, 2.45) is 0 Å². The van der Waals surface area contributed by atoms with Crippen LogP contribution in [0, 0.1) is 0 Å². The number of para-hydroxylation sites is 1. The molecule has 0 aliphatic heterocycles. The molecular weight excluding hydrogens is 248 g/mol. The Morgan fingerprint density at radius 2 is 1.70 bits per heavy atom. The molecule has 0 spiro atoms. The maximum Gasteiger partial charge on any atom is 0.152 e. The highest BCUT2D eigenvalue weighted by Gasteiger charge is 2.13. The zero-order chi connectivity index (χ0) is 13.9. The van der Waals surface area contributed by atoms with Gasteiger partial charge in [0.25, 0.3) is 0 Å². The van der Waals surface area contributed by atoms with E-state index >= 15 is 0 Å². The van der Waals surface area contributed by atoms with Gasteiger partial charge in [-0.25, -0.2) is 0 Å². The summed E-state index contributed by atoms with van der Waals surface area (Å²) < 4.78 is 5.86. The molecule has 0 aliphatic rings. The summed E-state index contributed by atoms with van der Waals surface area (Å²) in [5.41, 5.74) is 2.94. The van der Waals surface area contributed by atoms with Gasteiger partial charge in [0.1, 0.15) is 11.3 Å². The van der Waals surface area contributed by atoms with E-state index < -0.39 is 0 Å². The largest absolute Gasteiger partial charge is 0.456 e. The first-order valence-electron chi connectivity index (χ1n) is 6.51. The van der Waals surface area contributed by atoms with Gasteiger partial charge in [-0.1, -0.05) is 48.5 Å². The molecule has 0 amide bonds. The standard InChI is InChI=1S/C18H14O2/c1-13(19)11-12-17-18(14-7-3-2-4-8-14)15-9-5-6-10-16(15)20-17/h2-12H,1H3/b12-11+. The second-order valence-corrected chi connectivity index (χ2v) is 4.65. The lowest BCUT2D eigenvalue weighted by Crippen LogP contribution is -1.81. The van der Waals surface area contributed by atoms with Crippen molar-refractivity contribution in [1.29, 1.82) is 0 Å². The van der Waals surface area contributed by atoms with Crippen molar-refractivity contribution in [3.05, 3.63) is 66.4 Å². The van der Waals surface area contributed by atoms with Gasteiger partial charge in [-0.15, -0.1) is 0 Å². The van der Waals surface area contributed by atoms with Crippen LogP contribution in [0.15, 0.2) is 65.1 Å². The third-order valence-electron chi connectivity index (χ3n) is 3.15. The van der Waals surface area contributed by atoms with Gasteiger partial charge >= 0.3 is 0 Å².